The zero-order chi connectivity index (χ0) is 29.2. The number of piperidine rings is 1. The number of allylic oxidation sites excluding steroid dienone is 4. The highest BCUT2D eigenvalue weighted by Crippen LogP contribution is 2.61. The van der Waals surface area contributed by atoms with Gasteiger partial charge >= 0.3 is 0 Å². The van der Waals surface area contributed by atoms with Crippen molar-refractivity contribution in [1.82, 2.24) is 19.8 Å². The lowest BCUT2D eigenvalue weighted by Gasteiger charge is -2.58. The lowest BCUT2D eigenvalue weighted by molar-refractivity contribution is -0.115. The van der Waals surface area contributed by atoms with Gasteiger partial charge in [0.05, 0.1) is 28.4 Å². The third-order valence-electron chi connectivity index (χ3n) is 11.2. The molecule has 6 heterocycles. The third kappa shape index (κ3) is 4.34. The van der Waals surface area contributed by atoms with Crippen LogP contribution in [0.3, 0.4) is 0 Å². The van der Waals surface area contributed by atoms with Crippen LogP contribution in [0.1, 0.15) is 63.5 Å². The zero-order valence-corrected chi connectivity index (χ0v) is 24.8. The van der Waals surface area contributed by atoms with Gasteiger partial charge in [-0.15, -0.1) is 0 Å². The van der Waals surface area contributed by atoms with Crippen LogP contribution < -0.4 is 0 Å². The summed E-state index contributed by atoms with van der Waals surface area (Å²) in [7, 11) is 0. The van der Waals surface area contributed by atoms with E-state index in [9.17, 15) is 15.0 Å². The summed E-state index contributed by atoms with van der Waals surface area (Å²) in [6, 6.07) is 7.78. The van der Waals surface area contributed by atoms with Gasteiger partial charge in [-0.05, 0) is 107 Å². The average molecular weight is 579 g/mol. The second kappa shape index (κ2) is 10.4. The van der Waals surface area contributed by atoms with Gasteiger partial charge in [0.25, 0.3) is 0 Å². The van der Waals surface area contributed by atoms with Crippen molar-refractivity contribution in [1.29, 1.82) is 0 Å². The Balaban J connectivity index is 1.35. The molecule has 1 aliphatic carbocycles. The molecule has 5 aliphatic rings. The van der Waals surface area contributed by atoms with Crippen LogP contribution in [0.4, 0.5) is 0 Å². The molecule has 0 saturated carbocycles. The summed E-state index contributed by atoms with van der Waals surface area (Å²) < 4.78 is 0. The van der Waals surface area contributed by atoms with Crippen molar-refractivity contribution >= 4 is 33.2 Å². The Labute approximate surface area is 253 Å². The number of hydrogen-bond acceptors (Lipinski definition) is 6. The minimum absolute atomic E-state index is 0.0282. The van der Waals surface area contributed by atoms with Crippen LogP contribution in [0.15, 0.2) is 60.8 Å². The molecule has 3 bridgehead atoms. The number of pyridine rings is 1. The number of hydrogen-bond donors (Lipinski definition) is 3. The maximum Gasteiger partial charge on any atom is 0.155 e. The van der Waals surface area contributed by atoms with Gasteiger partial charge in [0.2, 0.25) is 0 Å². The molecule has 1 spiro atoms. The predicted molar refractivity (Wildman–Crippen MR) is 170 cm³/mol. The standard InChI is InChI=1S/C36H42N4O3/c41-25-9-8-19-40-24(12-13-25)21-35-23-39-18-6-4-2-1-3-5-16-36(43,34(35)40)22-28(29(35)15-20-39)32-33-27(14-17-37-32)26-10-7-11-30(42)31(26)38-33/h1,3,7,10-14,17,22,24,29,34,38,42-43H,2,4-6,8-9,15-16,18-21,23H2. The number of rotatable bonds is 1. The van der Waals surface area contributed by atoms with E-state index in [0.29, 0.717) is 12.8 Å². The van der Waals surface area contributed by atoms with Crippen LogP contribution in [0.25, 0.3) is 27.4 Å². The van der Waals surface area contributed by atoms with E-state index in [4.69, 9.17) is 4.98 Å². The van der Waals surface area contributed by atoms with Gasteiger partial charge in [-0.25, -0.2) is 0 Å². The molecular weight excluding hydrogens is 536 g/mol. The second-order valence-electron chi connectivity index (χ2n) is 13.7. The highest BCUT2D eigenvalue weighted by Gasteiger charge is 2.65. The first kappa shape index (κ1) is 27.3. The normalized spacial score (nSPS) is 35.0. The number of aliphatic hydroxyl groups is 1. The number of benzene rings is 1. The number of fused-ring (bicyclic) bond motifs is 5. The van der Waals surface area contributed by atoms with Gasteiger partial charge in [0.1, 0.15) is 5.75 Å². The van der Waals surface area contributed by atoms with Crippen LogP contribution in [0, 0.1) is 11.3 Å². The maximum atomic E-state index is 13.1. The Morgan fingerprint density at radius 1 is 1.00 bits per heavy atom. The molecule has 6 atom stereocenters. The van der Waals surface area contributed by atoms with Gasteiger partial charge in [-0.2, -0.15) is 0 Å². The zero-order valence-electron chi connectivity index (χ0n) is 24.8. The fraction of sp³-hybridized carbons (Fsp3) is 0.500. The van der Waals surface area contributed by atoms with Crippen molar-refractivity contribution in [3.63, 3.8) is 0 Å². The molecule has 1 aromatic carbocycles. The van der Waals surface area contributed by atoms with E-state index >= 15 is 0 Å². The Kier molecular flexibility index (Phi) is 6.62. The van der Waals surface area contributed by atoms with Crippen molar-refractivity contribution in [2.45, 2.75) is 75.5 Å². The summed E-state index contributed by atoms with van der Waals surface area (Å²) in [6.45, 7) is 3.90. The van der Waals surface area contributed by atoms with E-state index in [1.807, 2.05) is 30.5 Å². The van der Waals surface area contributed by atoms with Crippen LogP contribution in [0.2, 0.25) is 0 Å². The number of H-pyrrole nitrogens is 1. The van der Waals surface area contributed by atoms with E-state index in [-0.39, 0.29) is 34.9 Å². The molecule has 2 saturated heterocycles. The SMILES string of the molecule is O=C1C=CC2CC34CN5CCCCC=CCCC(O)(C=C(c6nccc7c6[nH]c6c(O)cccc67)C3CC5)C4N2CCC1. The van der Waals surface area contributed by atoms with E-state index in [1.54, 1.807) is 6.07 Å². The fourth-order valence-corrected chi connectivity index (χ4v) is 9.57. The average Bonchev–Trinajstić information content (AvgIpc) is 3.52. The monoisotopic (exact) mass is 578 g/mol. The first-order valence-electron chi connectivity index (χ1n) is 16.3. The third-order valence-corrected chi connectivity index (χ3v) is 11.2. The van der Waals surface area contributed by atoms with E-state index in [0.717, 1.165) is 91.4 Å². The number of aromatic nitrogens is 2. The summed E-state index contributed by atoms with van der Waals surface area (Å²) in [5.74, 6) is 0.676. The number of carbonyl (C=O) groups is 1. The molecule has 0 radical (unpaired) electrons. The highest BCUT2D eigenvalue weighted by atomic mass is 16.3. The number of aromatic hydroxyl groups is 1. The quantitative estimate of drug-likeness (QED) is 0.319. The lowest BCUT2D eigenvalue weighted by Crippen LogP contribution is -2.65. The summed E-state index contributed by atoms with van der Waals surface area (Å²) in [5.41, 5.74) is 2.48. The molecule has 0 amide bonds. The van der Waals surface area contributed by atoms with Crippen molar-refractivity contribution in [3.05, 3.63) is 66.5 Å². The molecule has 4 aliphatic heterocycles. The van der Waals surface area contributed by atoms with E-state index in [2.05, 4.69) is 39.1 Å². The molecule has 224 valence electrons. The van der Waals surface area contributed by atoms with Gasteiger partial charge < -0.3 is 20.1 Å². The number of phenols is 1. The molecule has 3 N–H and O–H groups in total. The Bertz CT molecular complexity index is 1670. The van der Waals surface area contributed by atoms with Gasteiger partial charge in [0.15, 0.2) is 5.78 Å². The van der Waals surface area contributed by atoms with E-state index < -0.39 is 5.60 Å². The summed E-state index contributed by atoms with van der Waals surface area (Å²) in [5, 5.41) is 25.8. The van der Waals surface area contributed by atoms with Gasteiger partial charge in [-0.1, -0.05) is 30.4 Å². The molecular formula is C36H42N4O3. The molecule has 2 fully saturated rings. The number of para-hydroxylation sites is 1. The lowest BCUT2D eigenvalue weighted by atomic mass is 9.54. The minimum Gasteiger partial charge on any atom is -0.506 e. The topological polar surface area (TPSA) is 92.7 Å². The number of nitrogens with zero attached hydrogens (tertiary/aromatic N) is 3. The van der Waals surface area contributed by atoms with Crippen molar-refractivity contribution in [2.75, 3.05) is 26.2 Å². The molecule has 2 aromatic heterocycles. The molecule has 7 heteroatoms. The largest absolute Gasteiger partial charge is 0.506 e. The first-order valence-corrected chi connectivity index (χ1v) is 16.3. The Hall–Kier alpha value is -3.26. The second-order valence-corrected chi connectivity index (χ2v) is 13.7. The summed E-state index contributed by atoms with van der Waals surface area (Å²) >= 11 is 0. The van der Waals surface area contributed by atoms with Gasteiger partial charge in [0, 0.05) is 41.4 Å². The minimum atomic E-state index is -1.04. The van der Waals surface area contributed by atoms with E-state index in [1.165, 1.54) is 12.8 Å². The Morgan fingerprint density at radius 3 is 2.81 bits per heavy atom. The molecule has 8 rings (SSSR count). The highest BCUT2D eigenvalue weighted by molar-refractivity contribution is 6.11. The molecule has 43 heavy (non-hydrogen) atoms. The Morgan fingerprint density at radius 2 is 1.88 bits per heavy atom. The molecule has 6 unspecified atom stereocenters. The maximum absolute atomic E-state index is 13.1. The van der Waals surface area contributed by atoms with Crippen LogP contribution in [-0.2, 0) is 4.79 Å². The van der Waals surface area contributed by atoms with Crippen LogP contribution >= 0.6 is 0 Å². The van der Waals surface area contributed by atoms with Gasteiger partial charge in [-0.3, -0.25) is 14.7 Å². The smallest absolute Gasteiger partial charge is 0.155 e. The summed E-state index contributed by atoms with van der Waals surface area (Å²) in [4.78, 5) is 26.3. The number of nitrogens with one attached hydrogen (secondary N) is 1. The van der Waals surface area contributed by atoms with Crippen molar-refractivity contribution in [2.24, 2.45) is 11.3 Å². The summed E-state index contributed by atoms with van der Waals surface area (Å²) in [6.07, 6.45) is 20.9. The first-order chi connectivity index (χ1) is 21.0. The van der Waals surface area contributed by atoms with Crippen molar-refractivity contribution in [3.8, 4) is 5.75 Å². The molecule has 3 aromatic rings. The predicted octanol–water partition coefficient (Wildman–Crippen LogP) is 5.74. The number of aromatic amines is 1. The number of carbonyl (C=O) groups excluding carboxylic acids is 1. The molecule has 7 nitrogen and oxygen atoms in total. The number of phenolic OH excluding ortho intramolecular Hbond substituents is 1. The van der Waals surface area contributed by atoms with Crippen LogP contribution in [-0.4, -0.2) is 79.6 Å². The number of ketones is 1. The van der Waals surface area contributed by atoms with Crippen molar-refractivity contribution < 1.29 is 15.0 Å². The fourth-order valence-electron chi connectivity index (χ4n) is 9.57. The van der Waals surface area contributed by atoms with Crippen LogP contribution in [0.5, 0.6) is 5.75 Å².